The van der Waals surface area contributed by atoms with E-state index < -0.39 is 6.10 Å². The molecule has 1 saturated carbocycles. The van der Waals surface area contributed by atoms with Gasteiger partial charge in [-0.25, -0.2) is 0 Å². The molecule has 0 aliphatic heterocycles. The molecule has 0 amide bonds. The van der Waals surface area contributed by atoms with Crippen molar-refractivity contribution in [3.8, 4) is 11.5 Å². The lowest BCUT2D eigenvalue weighted by molar-refractivity contribution is -0.00553. The maximum absolute atomic E-state index is 9.86. The highest BCUT2D eigenvalue weighted by Crippen LogP contribution is 2.25. The molecular formula is C17H27NO4. The van der Waals surface area contributed by atoms with Gasteiger partial charge in [0.15, 0.2) is 11.5 Å². The van der Waals surface area contributed by atoms with Crippen molar-refractivity contribution in [2.45, 2.75) is 37.9 Å². The number of hydrogen-bond donors (Lipinski definition) is 2. The first-order chi connectivity index (χ1) is 10.8. The molecule has 1 aliphatic rings. The normalized spacial score (nSPS) is 16.6. The van der Waals surface area contributed by atoms with E-state index in [0.29, 0.717) is 32.4 Å². The van der Waals surface area contributed by atoms with Crippen LogP contribution in [0.1, 0.15) is 25.7 Å². The lowest BCUT2D eigenvalue weighted by atomic mass is 10.3. The highest BCUT2D eigenvalue weighted by molar-refractivity contribution is 5.39. The van der Waals surface area contributed by atoms with Crippen LogP contribution in [0.4, 0.5) is 0 Å². The summed E-state index contributed by atoms with van der Waals surface area (Å²) in [5.74, 6) is 1.46. The molecule has 2 rings (SSSR count). The Morgan fingerprint density at radius 3 is 2.68 bits per heavy atom. The second kappa shape index (κ2) is 9.66. The molecule has 124 valence electrons. The van der Waals surface area contributed by atoms with Crippen LogP contribution in [0.25, 0.3) is 0 Å². The van der Waals surface area contributed by atoms with Gasteiger partial charge in [-0.15, -0.1) is 0 Å². The van der Waals surface area contributed by atoms with E-state index in [-0.39, 0.29) is 0 Å². The molecule has 1 atom stereocenters. The summed E-state index contributed by atoms with van der Waals surface area (Å²) in [4.78, 5) is 0. The van der Waals surface area contributed by atoms with Crippen LogP contribution in [0.15, 0.2) is 24.3 Å². The molecule has 22 heavy (non-hydrogen) atoms. The molecule has 0 aromatic heterocycles. The first kappa shape index (κ1) is 17.1. The van der Waals surface area contributed by atoms with Crippen molar-refractivity contribution in [1.82, 2.24) is 5.32 Å². The fourth-order valence-corrected chi connectivity index (χ4v) is 2.60. The average molecular weight is 309 g/mol. The molecule has 0 spiro atoms. The van der Waals surface area contributed by atoms with Crippen molar-refractivity contribution < 1.29 is 19.3 Å². The molecule has 0 heterocycles. The third-order valence-electron chi connectivity index (χ3n) is 3.81. The van der Waals surface area contributed by atoms with Crippen LogP contribution in [-0.2, 0) is 4.74 Å². The van der Waals surface area contributed by atoms with Crippen molar-refractivity contribution in [3.05, 3.63) is 24.3 Å². The number of aliphatic hydroxyl groups excluding tert-OH is 1. The monoisotopic (exact) mass is 309 g/mol. The Balaban J connectivity index is 1.53. The number of nitrogens with one attached hydrogen (secondary N) is 1. The van der Waals surface area contributed by atoms with Crippen LogP contribution in [0, 0.1) is 0 Å². The van der Waals surface area contributed by atoms with E-state index in [0.717, 1.165) is 24.3 Å². The third-order valence-corrected chi connectivity index (χ3v) is 3.81. The summed E-state index contributed by atoms with van der Waals surface area (Å²) in [6.45, 7) is 2.11. The van der Waals surface area contributed by atoms with E-state index in [9.17, 15) is 5.11 Å². The summed E-state index contributed by atoms with van der Waals surface area (Å²) in [5, 5.41) is 13.0. The number of benzene rings is 1. The maximum Gasteiger partial charge on any atom is 0.161 e. The van der Waals surface area contributed by atoms with Gasteiger partial charge in [0.05, 0.1) is 25.9 Å². The number of aliphatic hydroxyl groups is 1. The number of ether oxygens (including phenoxy) is 3. The van der Waals surface area contributed by atoms with Gasteiger partial charge in [-0.2, -0.15) is 0 Å². The minimum absolute atomic E-state index is 0.350. The number of methoxy groups -OCH3 is 1. The van der Waals surface area contributed by atoms with Crippen LogP contribution in [0.3, 0.4) is 0 Å². The summed E-state index contributed by atoms with van der Waals surface area (Å²) < 4.78 is 16.6. The quantitative estimate of drug-likeness (QED) is 0.647. The Kier molecular flexibility index (Phi) is 7.49. The minimum Gasteiger partial charge on any atom is -0.493 e. The first-order valence-corrected chi connectivity index (χ1v) is 8.06. The van der Waals surface area contributed by atoms with Crippen molar-refractivity contribution in [3.63, 3.8) is 0 Å². The van der Waals surface area contributed by atoms with Gasteiger partial charge in [-0.05, 0) is 25.0 Å². The summed E-state index contributed by atoms with van der Waals surface area (Å²) >= 11 is 0. The second-order valence-electron chi connectivity index (χ2n) is 5.60. The smallest absolute Gasteiger partial charge is 0.161 e. The number of para-hydroxylation sites is 2. The molecule has 2 N–H and O–H groups in total. The van der Waals surface area contributed by atoms with Crippen molar-refractivity contribution in [1.29, 1.82) is 0 Å². The van der Waals surface area contributed by atoms with Crippen LogP contribution >= 0.6 is 0 Å². The van der Waals surface area contributed by atoms with E-state index in [1.165, 1.54) is 12.8 Å². The molecule has 5 nitrogen and oxygen atoms in total. The molecule has 1 aliphatic carbocycles. The van der Waals surface area contributed by atoms with Gasteiger partial charge in [-0.3, -0.25) is 0 Å². The van der Waals surface area contributed by atoms with E-state index in [4.69, 9.17) is 14.2 Å². The van der Waals surface area contributed by atoms with Gasteiger partial charge in [0, 0.05) is 13.1 Å². The third kappa shape index (κ3) is 5.83. The van der Waals surface area contributed by atoms with Crippen LogP contribution < -0.4 is 14.8 Å². The lowest BCUT2D eigenvalue weighted by Crippen LogP contribution is -2.33. The fourth-order valence-electron chi connectivity index (χ4n) is 2.60. The van der Waals surface area contributed by atoms with E-state index in [1.54, 1.807) is 7.11 Å². The van der Waals surface area contributed by atoms with Crippen LogP contribution in [0.5, 0.6) is 11.5 Å². The van der Waals surface area contributed by atoms with E-state index >= 15 is 0 Å². The Labute approximate surface area is 132 Å². The minimum atomic E-state index is -0.466. The van der Waals surface area contributed by atoms with Crippen LogP contribution in [-0.4, -0.2) is 50.7 Å². The molecule has 1 aromatic carbocycles. The lowest BCUT2D eigenvalue weighted by Gasteiger charge is -2.16. The standard InChI is InChI=1S/C17H27NO4/c1-20-16-8-4-5-9-17(16)21-11-10-18-12-14(19)13-22-15-6-2-3-7-15/h4-5,8-9,14-15,18-19H,2-3,6-7,10-13H2,1H3/t14-/m1/s1. The zero-order valence-corrected chi connectivity index (χ0v) is 13.3. The molecule has 0 unspecified atom stereocenters. The molecule has 0 saturated heterocycles. The SMILES string of the molecule is COc1ccccc1OCCNC[C@@H](O)COC1CCCC1. The van der Waals surface area contributed by atoms with Gasteiger partial charge < -0.3 is 24.6 Å². The van der Waals surface area contributed by atoms with E-state index in [2.05, 4.69) is 5.32 Å². The van der Waals surface area contributed by atoms with Gasteiger partial charge in [-0.1, -0.05) is 25.0 Å². The topological polar surface area (TPSA) is 60.0 Å². The van der Waals surface area contributed by atoms with Crippen molar-refractivity contribution >= 4 is 0 Å². The fraction of sp³-hybridized carbons (Fsp3) is 0.647. The Morgan fingerprint density at radius 2 is 1.95 bits per heavy atom. The zero-order valence-electron chi connectivity index (χ0n) is 13.3. The van der Waals surface area contributed by atoms with Gasteiger partial charge >= 0.3 is 0 Å². The summed E-state index contributed by atoms with van der Waals surface area (Å²) in [7, 11) is 1.63. The van der Waals surface area contributed by atoms with E-state index in [1.807, 2.05) is 24.3 Å². The molecular weight excluding hydrogens is 282 g/mol. The molecule has 1 fully saturated rings. The predicted molar refractivity (Wildman–Crippen MR) is 85.6 cm³/mol. The predicted octanol–water partition coefficient (Wildman–Crippen LogP) is 1.98. The first-order valence-electron chi connectivity index (χ1n) is 8.06. The van der Waals surface area contributed by atoms with Gasteiger partial charge in [0.2, 0.25) is 0 Å². The van der Waals surface area contributed by atoms with Crippen LogP contribution in [0.2, 0.25) is 0 Å². The maximum atomic E-state index is 9.86. The Bertz CT molecular complexity index is 421. The summed E-state index contributed by atoms with van der Waals surface area (Å²) in [6, 6.07) is 7.57. The van der Waals surface area contributed by atoms with Crippen molar-refractivity contribution in [2.75, 3.05) is 33.4 Å². The second-order valence-corrected chi connectivity index (χ2v) is 5.60. The largest absolute Gasteiger partial charge is 0.493 e. The van der Waals surface area contributed by atoms with Crippen molar-refractivity contribution in [2.24, 2.45) is 0 Å². The van der Waals surface area contributed by atoms with Gasteiger partial charge in [0.25, 0.3) is 0 Å². The highest BCUT2D eigenvalue weighted by atomic mass is 16.5. The summed E-state index contributed by atoms with van der Waals surface area (Å²) in [5.41, 5.74) is 0. The molecule has 5 heteroatoms. The Hall–Kier alpha value is -1.30. The molecule has 0 bridgehead atoms. The molecule has 1 aromatic rings. The summed E-state index contributed by atoms with van der Waals surface area (Å²) in [6.07, 6.45) is 4.65. The number of hydrogen-bond acceptors (Lipinski definition) is 5. The highest BCUT2D eigenvalue weighted by Gasteiger charge is 2.16. The zero-order chi connectivity index (χ0) is 15.6. The molecule has 0 radical (unpaired) electrons. The number of rotatable bonds is 10. The average Bonchev–Trinajstić information content (AvgIpc) is 3.06. The van der Waals surface area contributed by atoms with Gasteiger partial charge in [0.1, 0.15) is 6.61 Å². The Morgan fingerprint density at radius 1 is 1.23 bits per heavy atom.